The normalized spacial score (nSPS) is 27.8. The van der Waals surface area contributed by atoms with E-state index >= 15 is 0 Å². The van der Waals surface area contributed by atoms with Crippen LogP contribution in [0.1, 0.15) is 28.7 Å². The van der Waals surface area contributed by atoms with Gasteiger partial charge in [-0.05, 0) is 31.4 Å². The maximum absolute atomic E-state index is 13.7. The second-order valence-corrected chi connectivity index (χ2v) is 9.25. The summed E-state index contributed by atoms with van der Waals surface area (Å²) in [5.41, 5.74) is 8.20. The number of rotatable bonds is 5. The first-order chi connectivity index (χ1) is 15.7. The van der Waals surface area contributed by atoms with Gasteiger partial charge in [-0.25, -0.2) is 0 Å². The SMILES string of the molecule is Cc1cc(C)c2c(c1)[C@]1(N[C@@H](CC(N)=O)[C@H]3C(=O)N(CCc4ccccc4)C(=O)[C@@H]31)C(=O)N2. The molecule has 4 atom stereocenters. The molecule has 3 aliphatic rings. The molecule has 0 unspecified atom stereocenters. The number of carbonyl (C=O) groups excluding carboxylic acids is 4. The number of amides is 4. The van der Waals surface area contributed by atoms with Gasteiger partial charge in [0, 0.05) is 30.3 Å². The van der Waals surface area contributed by atoms with Crippen LogP contribution < -0.4 is 16.4 Å². The standard InChI is InChI=1S/C25H26N4O4/c1-13-10-14(2)21-16(11-13)25(24(33)27-21)20-19(17(28-25)12-18(26)30)22(31)29(23(20)32)9-8-15-6-4-3-5-7-15/h3-7,10-11,17,19-20,28H,8-9,12H2,1-2H3,(H2,26,30)(H,27,33)/t17-,19+,20+,25+/m0/s1. The van der Waals surface area contributed by atoms with Gasteiger partial charge < -0.3 is 11.1 Å². The first-order valence-corrected chi connectivity index (χ1v) is 11.1. The molecule has 0 radical (unpaired) electrons. The number of nitrogens with one attached hydrogen (secondary N) is 2. The van der Waals surface area contributed by atoms with Gasteiger partial charge in [0.2, 0.25) is 23.6 Å². The predicted molar refractivity (Wildman–Crippen MR) is 121 cm³/mol. The van der Waals surface area contributed by atoms with Crippen molar-refractivity contribution in [2.24, 2.45) is 17.6 Å². The molecular formula is C25H26N4O4. The minimum Gasteiger partial charge on any atom is -0.370 e. The summed E-state index contributed by atoms with van der Waals surface area (Å²) < 4.78 is 0. The first kappa shape index (κ1) is 21.3. The van der Waals surface area contributed by atoms with Gasteiger partial charge in [-0.1, -0.05) is 48.0 Å². The molecular weight excluding hydrogens is 420 g/mol. The van der Waals surface area contributed by atoms with Crippen LogP contribution in [0.25, 0.3) is 0 Å². The number of nitrogens with two attached hydrogens (primary N) is 1. The molecule has 3 heterocycles. The van der Waals surface area contributed by atoms with Crippen LogP contribution in [0.2, 0.25) is 0 Å². The number of carbonyl (C=O) groups is 4. The van der Waals surface area contributed by atoms with Gasteiger partial charge in [0.15, 0.2) is 0 Å². The lowest BCUT2D eigenvalue weighted by atomic mass is 9.76. The Balaban J connectivity index is 1.57. The Hall–Kier alpha value is -3.52. The molecule has 2 aromatic rings. The summed E-state index contributed by atoms with van der Waals surface area (Å²) >= 11 is 0. The fourth-order valence-corrected chi connectivity index (χ4v) is 5.82. The largest absolute Gasteiger partial charge is 0.370 e. The van der Waals surface area contributed by atoms with Crippen LogP contribution in [-0.2, 0) is 31.1 Å². The summed E-state index contributed by atoms with van der Waals surface area (Å²) in [5.74, 6) is -3.49. The van der Waals surface area contributed by atoms with Crippen LogP contribution in [0.15, 0.2) is 42.5 Å². The van der Waals surface area contributed by atoms with Gasteiger partial charge in [0.1, 0.15) is 5.54 Å². The van der Waals surface area contributed by atoms with E-state index in [1.807, 2.05) is 56.3 Å². The van der Waals surface area contributed by atoms with Gasteiger partial charge in [-0.2, -0.15) is 0 Å². The molecule has 8 nitrogen and oxygen atoms in total. The number of hydrogen-bond donors (Lipinski definition) is 3. The number of anilines is 1. The third-order valence-electron chi connectivity index (χ3n) is 7.14. The minimum atomic E-state index is -1.41. The van der Waals surface area contributed by atoms with E-state index in [0.717, 1.165) is 16.7 Å². The van der Waals surface area contributed by atoms with E-state index in [4.69, 9.17) is 5.73 Å². The molecule has 170 valence electrons. The molecule has 4 N–H and O–H groups in total. The van der Waals surface area contributed by atoms with Crippen LogP contribution in [0.5, 0.6) is 0 Å². The molecule has 2 saturated heterocycles. The zero-order valence-electron chi connectivity index (χ0n) is 18.6. The smallest absolute Gasteiger partial charge is 0.250 e. The summed E-state index contributed by atoms with van der Waals surface area (Å²) in [5, 5.41) is 6.15. The van der Waals surface area contributed by atoms with Crippen LogP contribution in [-0.4, -0.2) is 41.1 Å². The van der Waals surface area contributed by atoms with Crippen molar-refractivity contribution in [2.75, 3.05) is 11.9 Å². The molecule has 1 spiro atoms. The summed E-state index contributed by atoms with van der Waals surface area (Å²) in [7, 11) is 0. The molecule has 4 amide bonds. The van der Waals surface area contributed by atoms with Gasteiger partial charge in [0.25, 0.3) is 0 Å². The number of primary amides is 1. The number of hydrogen-bond acceptors (Lipinski definition) is 5. The van der Waals surface area contributed by atoms with Gasteiger partial charge in [0.05, 0.1) is 11.8 Å². The topological polar surface area (TPSA) is 122 Å². The van der Waals surface area contributed by atoms with Crippen molar-refractivity contribution in [3.05, 3.63) is 64.7 Å². The summed E-state index contributed by atoms with van der Waals surface area (Å²) in [6, 6.07) is 12.7. The Kier molecular flexibility index (Phi) is 4.86. The molecule has 2 fully saturated rings. The lowest BCUT2D eigenvalue weighted by Gasteiger charge is -2.29. The number of benzene rings is 2. The Morgan fingerprint density at radius 3 is 2.52 bits per heavy atom. The summed E-state index contributed by atoms with van der Waals surface area (Å²) in [4.78, 5) is 53.7. The fourth-order valence-electron chi connectivity index (χ4n) is 5.82. The maximum atomic E-state index is 13.7. The Labute approximate surface area is 191 Å². The second kappa shape index (κ2) is 7.52. The minimum absolute atomic E-state index is 0.137. The highest BCUT2D eigenvalue weighted by Crippen LogP contribution is 2.54. The molecule has 5 rings (SSSR count). The van der Waals surface area contributed by atoms with Gasteiger partial charge in [-0.15, -0.1) is 0 Å². The number of fused-ring (bicyclic) bond motifs is 4. The lowest BCUT2D eigenvalue weighted by Crippen LogP contribution is -2.53. The third kappa shape index (κ3) is 3.08. The monoisotopic (exact) mass is 446 g/mol. The van der Waals surface area contributed by atoms with Crippen LogP contribution in [0.4, 0.5) is 5.69 Å². The van der Waals surface area contributed by atoms with Crippen molar-refractivity contribution in [3.8, 4) is 0 Å². The van der Waals surface area contributed by atoms with Gasteiger partial charge >= 0.3 is 0 Å². The maximum Gasteiger partial charge on any atom is 0.250 e. The van der Waals surface area contributed by atoms with E-state index in [-0.39, 0.29) is 30.7 Å². The highest BCUT2D eigenvalue weighted by molar-refractivity contribution is 6.15. The zero-order chi connectivity index (χ0) is 23.5. The first-order valence-electron chi connectivity index (χ1n) is 11.1. The molecule has 2 aromatic carbocycles. The van der Waals surface area contributed by atoms with Crippen LogP contribution >= 0.6 is 0 Å². The fraction of sp³-hybridized carbons (Fsp3) is 0.360. The highest BCUT2D eigenvalue weighted by Gasteiger charge is 2.70. The predicted octanol–water partition coefficient (Wildman–Crippen LogP) is 1.14. The molecule has 8 heteroatoms. The average molecular weight is 447 g/mol. The van der Waals surface area contributed by atoms with E-state index < -0.39 is 29.3 Å². The van der Waals surface area contributed by atoms with Crippen molar-refractivity contribution in [2.45, 2.75) is 38.3 Å². The molecule has 0 aromatic heterocycles. The Morgan fingerprint density at radius 1 is 1.09 bits per heavy atom. The zero-order valence-corrected chi connectivity index (χ0v) is 18.6. The van der Waals surface area contributed by atoms with E-state index in [1.165, 1.54) is 4.90 Å². The molecule has 33 heavy (non-hydrogen) atoms. The third-order valence-corrected chi connectivity index (χ3v) is 7.14. The van der Waals surface area contributed by atoms with E-state index in [2.05, 4.69) is 10.6 Å². The van der Waals surface area contributed by atoms with Crippen molar-refractivity contribution in [1.29, 1.82) is 0 Å². The highest BCUT2D eigenvalue weighted by atomic mass is 16.2. The number of aryl methyl sites for hydroxylation is 2. The number of likely N-dealkylation sites (tertiary alicyclic amines) is 1. The molecule has 0 aliphatic carbocycles. The molecule has 3 aliphatic heterocycles. The second-order valence-electron chi connectivity index (χ2n) is 9.25. The quantitative estimate of drug-likeness (QED) is 0.595. The lowest BCUT2D eigenvalue weighted by molar-refractivity contribution is -0.142. The van der Waals surface area contributed by atoms with Crippen molar-refractivity contribution >= 4 is 29.3 Å². The summed E-state index contributed by atoms with van der Waals surface area (Å²) in [6.07, 6.45) is 0.377. The van der Waals surface area contributed by atoms with Crippen molar-refractivity contribution in [1.82, 2.24) is 10.2 Å². The van der Waals surface area contributed by atoms with Gasteiger partial charge in [-0.3, -0.25) is 29.4 Å². The van der Waals surface area contributed by atoms with E-state index in [1.54, 1.807) is 0 Å². The average Bonchev–Trinajstić information content (AvgIpc) is 3.33. The summed E-state index contributed by atoms with van der Waals surface area (Å²) in [6.45, 7) is 4.03. The number of imide groups is 1. The number of nitrogens with zero attached hydrogens (tertiary/aromatic N) is 1. The Morgan fingerprint density at radius 2 is 1.82 bits per heavy atom. The van der Waals surface area contributed by atoms with Crippen molar-refractivity contribution < 1.29 is 19.2 Å². The van der Waals surface area contributed by atoms with Crippen molar-refractivity contribution in [3.63, 3.8) is 0 Å². The Bertz CT molecular complexity index is 1190. The van der Waals surface area contributed by atoms with Crippen LogP contribution in [0.3, 0.4) is 0 Å². The van der Waals surface area contributed by atoms with E-state index in [9.17, 15) is 19.2 Å². The molecule has 0 bridgehead atoms. The van der Waals surface area contributed by atoms with Crippen LogP contribution in [0, 0.1) is 25.7 Å². The van der Waals surface area contributed by atoms with E-state index in [0.29, 0.717) is 17.7 Å². The molecule has 0 saturated carbocycles.